The average molecular weight is 452 g/mol. The van der Waals surface area contributed by atoms with Gasteiger partial charge in [-0.1, -0.05) is 32.5 Å². The van der Waals surface area contributed by atoms with E-state index in [4.69, 9.17) is 5.84 Å². The number of carbonyl (C=O) groups is 1. The van der Waals surface area contributed by atoms with Crippen LogP contribution in [0, 0.1) is 10.8 Å². The van der Waals surface area contributed by atoms with Gasteiger partial charge in [-0.2, -0.15) is 8.78 Å². The van der Waals surface area contributed by atoms with Gasteiger partial charge in [0.2, 0.25) is 11.1 Å². The zero-order valence-electron chi connectivity index (χ0n) is 17.8. The van der Waals surface area contributed by atoms with E-state index in [-0.39, 0.29) is 28.2 Å². The summed E-state index contributed by atoms with van der Waals surface area (Å²) >= 11 is 1.25. The highest BCUT2D eigenvalue weighted by Gasteiger charge is 2.50. The fourth-order valence-electron chi connectivity index (χ4n) is 5.32. The van der Waals surface area contributed by atoms with Gasteiger partial charge in [-0.3, -0.25) is 4.79 Å². The van der Waals surface area contributed by atoms with Crippen molar-refractivity contribution in [2.75, 3.05) is 18.1 Å². The number of rotatable bonds is 6. The van der Waals surface area contributed by atoms with Crippen molar-refractivity contribution in [2.45, 2.75) is 57.8 Å². The molecule has 7 nitrogen and oxygen atoms in total. The van der Waals surface area contributed by atoms with Gasteiger partial charge in [0.15, 0.2) is 5.82 Å². The molecule has 1 saturated carbocycles. The van der Waals surface area contributed by atoms with Crippen LogP contribution < -0.4 is 10.6 Å². The number of amides is 1. The first-order chi connectivity index (χ1) is 14.6. The molecule has 2 aromatic rings. The molecule has 168 valence electrons. The van der Waals surface area contributed by atoms with Crippen LogP contribution in [0.3, 0.4) is 0 Å². The van der Waals surface area contributed by atoms with E-state index in [0.29, 0.717) is 22.6 Å². The molecule has 2 N–H and O–H groups in total. The lowest BCUT2D eigenvalue weighted by Gasteiger charge is -2.39. The van der Waals surface area contributed by atoms with Crippen LogP contribution in [0.2, 0.25) is 0 Å². The summed E-state index contributed by atoms with van der Waals surface area (Å²) in [6, 6.07) is 6.29. The zero-order valence-corrected chi connectivity index (χ0v) is 18.7. The van der Waals surface area contributed by atoms with E-state index in [2.05, 4.69) is 35.7 Å². The van der Waals surface area contributed by atoms with Crippen LogP contribution >= 0.6 is 11.8 Å². The normalized spacial score (nSPS) is 24.6. The number of carbonyl (C=O) groups excluding carboxylic acids is 1. The third-order valence-electron chi connectivity index (χ3n) is 6.06. The summed E-state index contributed by atoms with van der Waals surface area (Å²) in [4.78, 5) is 15.0. The molecule has 2 heterocycles. The number of nitrogens with zero attached hydrogens (tertiary/aromatic N) is 4. The molecular formula is C21H27F2N5O2S. The van der Waals surface area contributed by atoms with Gasteiger partial charge in [0, 0.05) is 18.2 Å². The summed E-state index contributed by atoms with van der Waals surface area (Å²) in [5.41, 5.74) is 1.05. The van der Waals surface area contributed by atoms with E-state index < -0.39 is 6.61 Å². The number of ether oxygens (including phenoxy) is 1. The summed E-state index contributed by atoms with van der Waals surface area (Å²) in [5.74, 6) is 6.89. The number of hydrogen-bond acceptors (Lipinski definition) is 6. The fourth-order valence-corrected chi connectivity index (χ4v) is 6.06. The van der Waals surface area contributed by atoms with Crippen molar-refractivity contribution in [3.8, 4) is 17.1 Å². The molecule has 1 aliphatic carbocycles. The second kappa shape index (κ2) is 7.96. The lowest BCUT2D eigenvalue weighted by Crippen LogP contribution is -2.38. The summed E-state index contributed by atoms with van der Waals surface area (Å²) in [6.07, 6.45) is 3.23. The van der Waals surface area contributed by atoms with Gasteiger partial charge < -0.3 is 15.5 Å². The van der Waals surface area contributed by atoms with E-state index in [1.807, 2.05) is 4.90 Å². The Morgan fingerprint density at radius 2 is 1.97 bits per heavy atom. The van der Waals surface area contributed by atoms with Gasteiger partial charge in [0.25, 0.3) is 0 Å². The molecule has 2 fully saturated rings. The number of likely N-dealkylation sites (tertiary alicyclic amines) is 1. The minimum absolute atomic E-state index is 0.0507. The Kier molecular flexibility index (Phi) is 5.61. The molecule has 0 spiro atoms. The Morgan fingerprint density at radius 3 is 2.65 bits per heavy atom. The first-order valence-corrected chi connectivity index (χ1v) is 11.2. The molecule has 2 bridgehead atoms. The van der Waals surface area contributed by atoms with E-state index in [9.17, 15) is 13.6 Å². The summed E-state index contributed by atoms with van der Waals surface area (Å²) < 4.78 is 30.3. The van der Waals surface area contributed by atoms with Gasteiger partial charge in [-0.05, 0) is 54.4 Å². The number of hydrogen-bond donors (Lipinski definition) is 1. The first-order valence-electron chi connectivity index (χ1n) is 10.2. The maximum absolute atomic E-state index is 13.0. The summed E-state index contributed by atoms with van der Waals surface area (Å²) in [5, 5.41) is 8.60. The summed E-state index contributed by atoms with van der Waals surface area (Å²) in [6.45, 7) is 4.76. The molecule has 2 aliphatic rings. The maximum Gasteiger partial charge on any atom is 0.387 e. The number of nitrogens with two attached hydrogens (primary N) is 1. The highest BCUT2D eigenvalue weighted by Crippen LogP contribution is 2.52. The molecule has 1 amide bonds. The Labute approximate surface area is 184 Å². The standard InChI is InChI=1S/C21H27F2N5O2S/c1-20(2)8-14-9-21(3,11-20)12-27(14)16(29)10-31-19-26-25-17(28(19)24)13-4-6-15(7-5-13)30-18(22)23/h4-7,14,18H,8-12,24H2,1-3H3. The van der Waals surface area contributed by atoms with E-state index in [1.54, 1.807) is 12.1 Å². The van der Waals surface area contributed by atoms with Crippen LogP contribution in [0.15, 0.2) is 29.4 Å². The molecule has 31 heavy (non-hydrogen) atoms. The van der Waals surface area contributed by atoms with Crippen molar-refractivity contribution in [3.63, 3.8) is 0 Å². The van der Waals surface area contributed by atoms with Crippen molar-refractivity contribution in [3.05, 3.63) is 24.3 Å². The van der Waals surface area contributed by atoms with Crippen LogP contribution in [0.5, 0.6) is 5.75 Å². The average Bonchev–Trinajstić information content (AvgIpc) is 3.15. The maximum atomic E-state index is 13.0. The van der Waals surface area contributed by atoms with Crippen molar-refractivity contribution in [1.82, 2.24) is 19.8 Å². The molecule has 2 atom stereocenters. The first kappa shape index (κ1) is 21.9. The number of benzene rings is 1. The number of fused-ring (bicyclic) bond motifs is 2. The highest BCUT2D eigenvalue weighted by atomic mass is 32.2. The predicted molar refractivity (Wildman–Crippen MR) is 114 cm³/mol. The van der Waals surface area contributed by atoms with Gasteiger partial charge >= 0.3 is 6.61 Å². The van der Waals surface area contributed by atoms with Crippen LogP contribution in [-0.4, -0.2) is 50.6 Å². The predicted octanol–water partition coefficient (Wildman–Crippen LogP) is 3.78. The van der Waals surface area contributed by atoms with Gasteiger partial charge in [-0.15, -0.1) is 10.2 Å². The SMILES string of the molecule is CC1(C)CC2CC(C)(CN2C(=O)CSc2nnc(-c3ccc(OC(F)F)cc3)n2N)C1. The molecule has 4 rings (SSSR count). The minimum atomic E-state index is -2.88. The molecule has 10 heteroatoms. The Hall–Kier alpha value is -2.36. The Morgan fingerprint density at radius 1 is 1.26 bits per heavy atom. The van der Waals surface area contributed by atoms with E-state index in [0.717, 1.165) is 25.8 Å². The van der Waals surface area contributed by atoms with E-state index >= 15 is 0 Å². The number of halogens is 2. The number of nitrogen functional groups attached to an aromatic ring is 1. The van der Waals surface area contributed by atoms with Gasteiger partial charge in [0.1, 0.15) is 5.75 Å². The lowest BCUT2D eigenvalue weighted by atomic mass is 9.65. The fraction of sp³-hybridized carbons (Fsp3) is 0.571. The van der Waals surface area contributed by atoms with E-state index in [1.165, 1.54) is 28.6 Å². The minimum Gasteiger partial charge on any atom is -0.435 e. The van der Waals surface area contributed by atoms with Crippen molar-refractivity contribution < 1.29 is 18.3 Å². The van der Waals surface area contributed by atoms with Crippen LogP contribution in [-0.2, 0) is 4.79 Å². The second-order valence-corrected chi connectivity index (χ2v) is 10.5. The largest absolute Gasteiger partial charge is 0.435 e. The molecule has 0 radical (unpaired) electrons. The van der Waals surface area contributed by atoms with Gasteiger partial charge in [0.05, 0.1) is 5.75 Å². The lowest BCUT2D eigenvalue weighted by molar-refractivity contribution is -0.129. The van der Waals surface area contributed by atoms with Gasteiger partial charge in [-0.25, -0.2) is 4.68 Å². The zero-order chi connectivity index (χ0) is 22.4. The second-order valence-electron chi connectivity index (χ2n) is 9.60. The number of aromatic nitrogens is 3. The monoisotopic (exact) mass is 451 g/mol. The quantitative estimate of drug-likeness (QED) is 0.531. The number of thioether (sulfide) groups is 1. The van der Waals surface area contributed by atoms with Crippen molar-refractivity contribution >= 4 is 17.7 Å². The summed E-state index contributed by atoms with van der Waals surface area (Å²) in [7, 11) is 0. The Bertz CT molecular complexity index is 965. The molecule has 1 aliphatic heterocycles. The van der Waals surface area contributed by atoms with Crippen LogP contribution in [0.4, 0.5) is 8.78 Å². The van der Waals surface area contributed by atoms with Crippen LogP contribution in [0.1, 0.15) is 40.0 Å². The van der Waals surface area contributed by atoms with Crippen LogP contribution in [0.25, 0.3) is 11.4 Å². The van der Waals surface area contributed by atoms with Crippen molar-refractivity contribution in [2.24, 2.45) is 10.8 Å². The third-order valence-corrected chi connectivity index (χ3v) is 6.99. The highest BCUT2D eigenvalue weighted by molar-refractivity contribution is 7.99. The molecule has 1 aromatic heterocycles. The van der Waals surface area contributed by atoms with Crippen molar-refractivity contribution in [1.29, 1.82) is 0 Å². The number of alkyl halides is 2. The molecular weight excluding hydrogens is 424 g/mol. The Balaban J connectivity index is 1.40. The molecule has 1 saturated heterocycles. The molecule has 2 unspecified atom stereocenters. The smallest absolute Gasteiger partial charge is 0.387 e. The molecule has 1 aromatic carbocycles. The third kappa shape index (κ3) is 4.63. The topological polar surface area (TPSA) is 86.3 Å².